The van der Waals surface area contributed by atoms with Gasteiger partial charge in [0.15, 0.2) is 0 Å². The third kappa shape index (κ3) is 3.20. The average Bonchev–Trinajstić information content (AvgIpc) is 2.38. The fourth-order valence-electron chi connectivity index (χ4n) is 1.50. The Morgan fingerprint density at radius 1 is 1.29 bits per heavy atom. The summed E-state index contributed by atoms with van der Waals surface area (Å²) in [5.74, 6) is 0.870. The molecule has 0 unspecified atom stereocenters. The van der Waals surface area contributed by atoms with Crippen molar-refractivity contribution in [1.29, 1.82) is 0 Å². The second-order valence-electron chi connectivity index (χ2n) is 3.55. The number of nitrogens with zero attached hydrogens (tertiary/aromatic N) is 1. The van der Waals surface area contributed by atoms with Crippen molar-refractivity contribution in [2.75, 3.05) is 12.4 Å². The second kappa shape index (κ2) is 5.68. The van der Waals surface area contributed by atoms with Gasteiger partial charge in [0.1, 0.15) is 10.4 Å². The topological polar surface area (TPSA) is 34.1 Å². The first-order valence-corrected chi connectivity index (χ1v) is 6.06. The van der Waals surface area contributed by atoms with E-state index in [0.29, 0.717) is 0 Å². The van der Waals surface area contributed by atoms with Gasteiger partial charge in [-0.15, -0.1) is 0 Å². The molecule has 0 saturated heterocycles. The van der Waals surface area contributed by atoms with Crippen molar-refractivity contribution in [3.8, 4) is 5.75 Å². The van der Waals surface area contributed by atoms with Gasteiger partial charge >= 0.3 is 0 Å². The summed E-state index contributed by atoms with van der Waals surface area (Å²) >= 11 is 3.40. The van der Waals surface area contributed by atoms with Crippen molar-refractivity contribution in [3.05, 3.63) is 52.8 Å². The molecule has 1 N–H and O–H groups in total. The first kappa shape index (κ1) is 11.9. The number of anilines is 1. The Kier molecular flexibility index (Phi) is 3.98. The van der Waals surface area contributed by atoms with Gasteiger partial charge < -0.3 is 10.1 Å². The minimum absolute atomic E-state index is 0.738. The van der Waals surface area contributed by atoms with Crippen LogP contribution in [0.15, 0.2) is 47.2 Å². The summed E-state index contributed by atoms with van der Waals surface area (Å²) in [6.07, 6.45) is 1.75. The standard InChI is InChI=1S/C13H13BrN2O/c1-17-11-5-2-4-10(8-11)9-16-12-6-3-7-15-13(12)14/h2-8,16H,9H2,1H3. The number of nitrogens with one attached hydrogen (secondary N) is 1. The van der Waals surface area contributed by atoms with Crippen LogP contribution in [0, 0.1) is 0 Å². The molecule has 0 aliphatic rings. The highest BCUT2D eigenvalue weighted by atomic mass is 79.9. The number of methoxy groups -OCH3 is 1. The highest BCUT2D eigenvalue weighted by Gasteiger charge is 2.00. The van der Waals surface area contributed by atoms with Crippen LogP contribution < -0.4 is 10.1 Å². The SMILES string of the molecule is COc1cccc(CNc2cccnc2Br)c1. The van der Waals surface area contributed by atoms with E-state index in [0.717, 1.165) is 22.6 Å². The van der Waals surface area contributed by atoms with Gasteiger partial charge in [0, 0.05) is 12.7 Å². The van der Waals surface area contributed by atoms with Gasteiger partial charge in [-0.2, -0.15) is 0 Å². The number of aromatic nitrogens is 1. The minimum Gasteiger partial charge on any atom is -0.497 e. The predicted octanol–water partition coefficient (Wildman–Crippen LogP) is 3.46. The summed E-state index contributed by atoms with van der Waals surface area (Å²) in [4.78, 5) is 4.15. The van der Waals surface area contributed by atoms with Crippen LogP contribution in [-0.4, -0.2) is 12.1 Å². The Morgan fingerprint density at radius 2 is 2.18 bits per heavy atom. The van der Waals surface area contributed by atoms with Crippen LogP contribution >= 0.6 is 15.9 Å². The smallest absolute Gasteiger partial charge is 0.129 e. The molecular weight excluding hydrogens is 280 g/mol. The van der Waals surface area contributed by atoms with E-state index in [1.807, 2.05) is 30.3 Å². The molecule has 0 atom stereocenters. The van der Waals surface area contributed by atoms with E-state index in [9.17, 15) is 0 Å². The van der Waals surface area contributed by atoms with E-state index in [-0.39, 0.29) is 0 Å². The number of ether oxygens (including phenoxy) is 1. The second-order valence-corrected chi connectivity index (χ2v) is 4.30. The van der Waals surface area contributed by atoms with E-state index in [4.69, 9.17) is 4.74 Å². The number of rotatable bonds is 4. The normalized spacial score (nSPS) is 10.0. The van der Waals surface area contributed by atoms with Crippen molar-refractivity contribution in [2.24, 2.45) is 0 Å². The monoisotopic (exact) mass is 292 g/mol. The minimum atomic E-state index is 0.738. The van der Waals surface area contributed by atoms with Crippen LogP contribution in [0.2, 0.25) is 0 Å². The number of pyridine rings is 1. The van der Waals surface area contributed by atoms with Crippen LogP contribution in [0.5, 0.6) is 5.75 Å². The van der Waals surface area contributed by atoms with E-state index in [2.05, 4.69) is 32.3 Å². The van der Waals surface area contributed by atoms with Gasteiger partial charge in [-0.3, -0.25) is 0 Å². The number of benzene rings is 1. The zero-order valence-electron chi connectivity index (χ0n) is 9.48. The van der Waals surface area contributed by atoms with Gasteiger partial charge in [0.05, 0.1) is 12.8 Å². The van der Waals surface area contributed by atoms with Gasteiger partial charge in [-0.25, -0.2) is 4.98 Å². The highest BCUT2D eigenvalue weighted by Crippen LogP contribution is 2.20. The third-order valence-electron chi connectivity index (χ3n) is 2.38. The first-order valence-electron chi connectivity index (χ1n) is 5.27. The summed E-state index contributed by atoms with van der Waals surface area (Å²) in [6, 6.07) is 11.9. The molecule has 88 valence electrons. The van der Waals surface area contributed by atoms with Crippen LogP contribution in [0.3, 0.4) is 0 Å². The summed E-state index contributed by atoms with van der Waals surface area (Å²) in [5.41, 5.74) is 2.15. The van der Waals surface area contributed by atoms with Crippen LogP contribution in [0.25, 0.3) is 0 Å². The summed E-state index contributed by atoms with van der Waals surface area (Å²) in [6.45, 7) is 0.738. The Bertz CT molecular complexity index is 502. The number of hydrogen-bond acceptors (Lipinski definition) is 3. The molecule has 0 spiro atoms. The van der Waals surface area contributed by atoms with Crippen molar-refractivity contribution >= 4 is 21.6 Å². The molecule has 0 bridgehead atoms. The molecule has 0 amide bonds. The quantitative estimate of drug-likeness (QED) is 0.877. The molecule has 0 saturated carbocycles. The zero-order chi connectivity index (χ0) is 12.1. The molecule has 4 heteroatoms. The molecule has 3 nitrogen and oxygen atoms in total. The lowest BCUT2D eigenvalue weighted by Gasteiger charge is -2.08. The molecule has 2 rings (SSSR count). The number of halogens is 1. The molecule has 0 aliphatic carbocycles. The van der Waals surface area contributed by atoms with Gasteiger partial charge in [0.25, 0.3) is 0 Å². The molecular formula is C13H13BrN2O. The molecule has 0 radical (unpaired) electrons. The van der Waals surface area contributed by atoms with Gasteiger partial charge in [-0.05, 0) is 45.8 Å². The Labute approximate surface area is 109 Å². The maximum absolute atomic E-state index is 5.18. The first-order chi connectivity index (χ1) is 8.29. The van der Waals surface area contributed by atoms with Crippen molar-refractivity contribution in [1.82, 2.24) is 4.98 Å². The third-order valence-corrected chi connectivity index (χ3v) is 3.01. The Morgan fingerprint density at radius 3 is 2.94 bits per heavy atom. The van der Waals surface area contributed by atoms with Crippen LogP contribution in [0.1, 0.15) is 5.56 Å². The van der Waals surface area contributed by atoms with Gasteiger partial charge in [-0.1, -0.05) is 12.1 Å². The zero-order valence-corrected chi connectivity index (χ0v) is 11.1. The Hall–Kier alpha value is -1.55. The van der Waals surface area contributed by atoms with Gasteiger partial charge in [0.2, 0.25) is 0 Å². The molecule has 0 aliphatic heterocycles. The van der Waals surface area contributed by atoms with Crippen LogP contribution in [0.4, 0.5) is 5.69 Å². The Balaban J connectivity index is 2.05. The lowest BCUT2D eigenvalue weighted by atomic mass is 10.2. The van der Waals surface area contributed by atoms with E-state index in [1.54, 1.807) is 13.3 Å². The highest BCUT2D eigenvalue weighted by molar-refractivity contribution is 9.10. The molecule has 1 heterocycles. The molecule has 17 heavy (non-hydrogen) atoms. The molecule has 1 aromatic carbocycles. The molecule has 1 aromatic heterocycles. The summed E-state index contributed by atoms with van der Waals surface area (Å²) in [7, 11) is 1.67. The van der Waals surface area contributed by atoms with E-state index >= 15 is 0 Å². The summed E-state index contributed by atoms with van der Waals surface area (Å²) in [5, 5.41) is 3.32. The predicted molar refractivity (Wildman–Crippen MR) is 72.3 cm³/mol. The molecule has 2 aromatic rings. The lowest BCUT2D eigenvalue weighted by molar-refractivity contribution is 0.414. The fourth-order valence-corrected chi connectivity index (χ4v) is 1.89. The maximum Gasteiger partial charge on any atom is 0.129 e. The lowest BCUT2D eigenvalue weighted by Crippen LogP contribution is -2.00. The maximum atomic E-state index is 5.18. The number of hydrogen-bond donors (Lipinski definition) is 1. The van der Waals surface area contributed by atoms with Crippen molar-refractivity contribution < 1.29 is 4.74 Å². The summed E-state index contributed by atoms with van der Waals surface area (Å²) < 4.78 is 6.00. The largest absolute Gasteiger partial charge is 0.497 e. The molecule has 0 fully saturated rings. The van der Waals surface area contributed by atoms with Crippen LogP contribution in [-0.2, 0) is 6.54 Å². The van der Waals surface area contributed by atoms with Crippen molar-refractivity contribution in [2.45, 2.75) is 6.54 Å². The fraction of sp³-hybridized carbons (Fsp3) is 0.154. The van der Waals surface area contributed by atoms with E-state index in [1.165, 1.54) is 5.56 Å². The van der Waals surface area contributed by atoms with Crippen molar-refractivity contribution in [3.63, 3.8) is 0 Å². The average molecular weight is 293 g/mol. The van der Waals surface area contributed by atoms with E-state index < -0.39 is 0 Å².